The first-order valence-electron chi connectivity index (χ1n) is 10.1. The van der Waals surface area contributed by atoms with Crippen molar-refractivity contribution in [3.8, 4) is 0 Å². The molecule has 0 fully saturated rings. The van der Waals surface area contributed by atoms with Crippen LogP contribution in [0, 0.1) is 12.7 Å². The summed E-state index contributed by atoms with van der Waals surface area (Å²) in [5, 5.41) is 4.37. The van der Waals surface area contributed by atoms with Gasteiger partial charge in [0.25, 0.3) is 10.0 Å². The molecule has 3 aromatic rings. The molecule has 3 rings (SSSR count). The maximum Gasteiger partial charge on any atom is 0.274 e. The van der Waals surface area contributed by atoms with Gasteiger partial charge in [0.2, 0.25) is 5.91 Å². The lowest BCUT2D eigenvalue weighted by Crippen LogP contribution is -2.41. The zero-order valence-corrected chi connectivity index (χ0v) is 20.1. The number of para-hydroxylation sites is 1. The van der Waals surface area contributed by atoms with E-state index >= 15 is 0 Å². The van der Waals surface area contributed by atoms with Gasteiger partial charge in [0.1, 0.15) is 16.6 Å². The second-order valence-corrected chi connectivity index (χ2v) is 11.3. The van der Waals surface area contributed by atoms with Gasteiger partial charge in [-0.25, -0.2) is 12.8 Å². The molecule has 1 amide bonds. The van der Waals surface area contributed by atoms with Crippen LogP contribution in [-0.2, 0) is 20.6 Å². The largest absolute Gasteiger partial charge is 0.354 e. The Bertz CT molecular complexity index is 1120. The molecule has 1 aromatic heterocycles. The highest BCUT2D eigenvalue weighted by molar-refractivity contribution is 7.98. The highest BCUT2D eigenvalue weighted by atomic mass is 32.2. The van der Waals surface area contributed by atoms with Crippen LogP contribution in [0.2, 0.25) is 0 Å². The molecule has 0 aliphatic rings. The van der Waals surface area contributed by atoms with E-state index in [2.05, 4.69) is 36.5 Å². The van der Waals surface area contributed by atoms with E-state index in [1.54, 1.807) is 29.3 Å². The monoisotopic (exact) mass is 492 g/mol. The van der Waals surface area contributed by atoms with Gasteiger partial charge in [-0.1, -0.05) is 48.0 Å². The van der Waals surface area contributed by atoms with Gasteiger partial charge in [-0.3, -0.25) is 9.10 Å². The van der Waals surface area contributed by atoms with E-state index in [1.807, 2.05) is 0 Å². The molecular weight excluding hydrogens is 467 g/mol. The molecule has 1 heterocycles. The van der Waals surface area contributed by atoms with E-state index in [-0.39, 0.29) is 9.90 Å². The van der Waals surface area contributed by atoms with E-state index in [0.29, 0.717) is 6.54 Å². The minimum atomic E-state index is -4.05. The Balaban J connectivity index is 1.54. The fourth-order valence-electron chi connectivity index (χ4n) is 2.94. The number of amides is 1. The van der Waals surface area contributed by atoms with Crippen molar-refractivity contribution < 1.29 is 17.6 Å². The Kier molecular flexibility index (Phi) is 8.72. The normalized spacial score (nSPS) is 11.3. The standard InChI is InChI=1S/C23H25FN2O3S3/c1-18-9-11-19(12-10-18)17-30-14-5-13-25-22(27)16-26(21-7-3-2-6-20(21)24)32(28,29)23-8-4-15-31-23/h2-4,6-12,15H,5,13-14,16-17H2,1H3,(H,25,27). The smallest absolute Gasteiger partial charge is 0.274 e. The number of nitrogens with zero attached hydrogens (tertiary/aromatic N) is 1. The number of thioether (sulfide) groups is 1. The summed E-state index contributed by atoms with van der Waals surface area (Å²) in [6, 6.07) is 17.0. The molecule has 0 spiro atoms. The van der Waals surface area contributed by atoms with Crippen molar-refractivity contribution >= 4 is 44.7 Å². The lowest BCUT2D eigenvalue weighted by atomic mass is 10.2. The van der Waals surface area contributed by atoms with Crippen molar-refractivity contribution in [1.82, 2.24) is 5.32 Å². The van der Waals surface area contributed by atoms with Gasteiger partial charge in [0, 0.05) is 12.3 Å². The molecule has 0 saturated heterocycles. The number of halogens is 1. The highest BCUT2D eigenvalue weighted by Gasteiger charge is 2.29. The molecule has 32 heavy (non-hydrogen) atoms. The van der Waals surface area contributed by atoms with Crippen molar-refractivity contribution in [1.29, 1.82) is 0 Å². The second-order valence-electron chi connectivity index (χ2n) is 7.14. The summed E-state index contributed by atoms with van der Waals surface area (Å²) in [7, 11) is -4.05. The molecule has 0 radical (unpaired) electrons. The third kappa shape index (κ3) is 6.57. The molecule has 0 bridgehead atoms. The zero-order chi connectivity index (χ0) is 23.0. The second kappa shape index (κ2) is 11.5. The van der Waals surface area contributed by atoms with Crippen LogP contribution in [0.1, 0.15) is 17.5 Å². The number of benzene rings is 2. The van der Waals surface area contributed by atoms with Gasteiger partial charge in [-0.15, -0.1) is 11.3 Å². The average Bonchev–Trinajstić information content (AvgIpc) is 3.32. The van der Waals surface area contributed by atoms with Gasteiger partial charge in [0.05, 0.1) is 5.69 Å². The summed E-state index contributed by atoms with van der Waals surface area (Å²) in [5.74, 6) is 0.581. The molecule has 0 unspecified atom stereocenters. The van der Waals surface area contributed by atoms with Crippen LogP contribution in [-0.4, -0.2) is 33.2 Å². The van der Waals surface area contributed by atoms with Crippen LogP contribution in [0.15, 0.2) is 70.3 Å². The summed E-state index contributed by atoms with van der Waals surface area (Å²) in [6.45, 7) is 1.99. The van der Waals surface area contributed by atoms with Crippen molar-refractivity contribution in [3.05, 3.63) is 83.0 Å². The maximum atomic E-state index is 14.4. The summed E-state index contributed by atoms with van der Waals surface area (Å²) in [6.07, 6.45) is 0.750. The van der Waals surface area contributed by atoms with Gasteiger partial charge >= 0.3 is 0 Å². The highest BCUT2D eigenvalue weighted by Crippen LogP contribution is 2.28. The quantitative estimate of drug-likeness (QED) is 0.390. The summed E-state index contributed by atoms with van der Waals surface area (Å²) >= 11 is 2.80. The van der Waals surface area contributed by atoms with Crippen LogP contribution >= 0.6 is 23.1 Å². The first-order chi connectivity index (χ1) is 15.4. The number of nitrogens with one attached hydrogen (secondary N) is 1. The molecule has 0 aliphatic heterocycles. The van der Waals surface area contributed by atoms with Crippen LogP contribution < -0.4 is 9.62 Å². The molecule has 9 heteroatoms. The fraction of sp³-hybridized carbons (Fsp3) is 0.261. The SMILES string of the molecule is Cc1ccc(CSCCCNC(=O)CN(c2ccccc2F)S(=O)(=O)c2cccs2)cc1. The van der Waals surface area contributed by atoms with Crippen LogP contribution in [0.25, 0.3) is 0 Å². The van der Waals surface area contributed by atoms with E-state index in [1.165, 1.54) is 35.4 Å². The topological polar surface area (TPSA) is 66.5 Å². The molecule has 0 saturated carbocycles. The van der Waals surface area contributed by atoms with Gasteiger partial charge in [0.15, 0.2) is 0 Å². The maximum absolute atomic E-state index is 14.4. The van der Waals surface area contributed by atoms with Crippen molar-refractivity contribution in [2.45, 2.75) is 23.3 Å². The van der Waals surface area contributed by atoms with Crippen molar-refractivity contribution in [2.75, 3.05) is 23.1 Å². The average molecular weight is 493 g/mol. The fourth-order valence-corrected chi connectivity index (χ4v) is 6.39. The number of sulfonamides is 1. The number of hydrogen-bond donors (Lipinski definition) is 1. The zero-order valence-electron chi connectivity index (χ0n) is 17.7. The van der Waals surface area contributed by atoms with Crippen LogP contribution in [0.4, 0.5) is 10.1 Å². The number of thiophene rings is 1. The Morgan fingerprint density at radius 3 is 2.53 bits per heavy atom. The Labute approximate surface area is 196 Å². The summed E-state index contributed by atoms with van der Waals surface area (Å²) < 4.78 is 41.3. The lowest BCUT2D eigenvalue weighted by molar-refractivity contribution is -0.119. The van der Waals surface area contributed by atoms with E-state index in [0.717, 1.165) is 33.6 Å². The number of hydrogen-bond acceptors (Lipinski definition) is 5. The molecular formula is C23H25FN2O3S3. The molecule has 0 aliphatic carbocycles. The Hall–Kier alpha value is -2.36. The molecule has 5 nitrogen and oxygen atoms in total. The predicted octanol–water partition coefficient (Wildman–Crippen LogP) is 4.83. The van der Waals surface area contributed by atoms with Crippen LogP contribution in [0.3, 0.4) is 0 Å². The molecule has 2 aromatic carbocycles. The number of carbonyl (C=O) groups excluding carboxylic acids is 1. The van der Waals surface area contributed by atoms with E-state index < -0.39 is 28.3 Å². The van der Waals surface area contributed by atoms with Crippen LogP contribution in [0.5, 0.6) is 0 Å². The van der Waals surface area contributed by atoms with Gasteiger partial charge in [-0.05, 0) is 48.2 Å². The molecule has 170 valence electrons. The van der Waals surface area contributed by atoms with Gasteiger partial charge < -0.3 is 5.32 Å². The third-order valence-electron chi connectivity index (χ3n) is 4.62. The number of carbonyl (C=O) groups is 1. The number of anilines is 1. The third-order valence-corrected chi connectivity index (χ3v) is 8.87. The minimum Gasteiger partial charge on any atom is -0.354 e. The number of aryl methyl sites for hydroxylation is 1. The predicted molar refractivity (Wildman–Crippen MR) is 130 cm³/mol. The first kappa shape index (κ1) is 24.3. The minimum absolute atomic E-state index is 0.0565. The summed E-state index contributed by atoms with van der Waals surface area (Å²) in [4.78, 5) is 12.5. The Morgan fingerprint density at radius 1 is 1.09 bits per heavy atom. The van der Waals surface area contributed by atoms with E-state index in [9.17, 15) is 17.6 Å². The van der Waals surface area contributed by atoms with Gasteiger partial charge in [-0.2, -0.15) is 11.8 Å². The van der Waals surface area contributed by atoms with E-state index in [4.69, 9.17) is 0 Å². The first-order valence-corrected chi connectivity index (χ1v) is 13.6. The molecule has 0 atom stereocenters. The van der Waals surface area contributed by atoms with Crippen molar-refractivity contribution in [2.24, 2.45) is 0 Å². The Morgan fingerprint density at radius 2 is 1.84 bits per heavy atom. The van der Waals surface area contributed by atoms with Crippen molar-refractivity contribution in [3.63, 3.8) is 0 Å². The molecule has 1 N–H and O–H groups in total. The number of rotatable bonds is 11. The summed E-state index contributed by atoms with van der Waals surface area (Å²) in [5.41, 5.74) is 2.33. The lowest BCUT2D eigenvalue weighted by Gasteiger charge is -2.23.